The summed E-state index contributed by atoms with van der Waals surface area (Å²) in [5, 5.41) is 4.48. The van der Waals surface area contributed by atoms with Gasteiger partial charge in [-0.05, 0) is 18.4 Å². The van der Waals surface area contributed by atoms with Crippen molar-refractivity contribution in [1.29, 1.82) is 0 Å². The zero-order valence-electron chi connectivity index (χ0n) is 13.8. The highest BCUT2D eigenvalue weighted by atomic mass is 32.1. The van der Waals surface area contributed by atoms with Gasteiger partial charge < -0.3 is 5.32 Å². The van der Waals surface area contributed by atoms with E-state index in [1.807, 2.05) is 30.3 Å². The second-order valence-electron chi connectivity index (χ2n) is 6.09. The molecule has 1 aliphatic rings. The summed E-state index contributed by atoms with van der Waals surface area (Å²) in [5.74, 6) is -0.279. The zero-order chi connectivity index (χ0) is 18.1. The fourth-order valence-corrected chi connectivity index (χ4v) is 3.75. The van der Waals surface area contributed by atoms with Crippen molar-refractivity contribution in [2.45, 2.75) is 25.4 Å². The molecular formula is C18H16N4O3S. The second kappa shape index (κ2) is 6.72. The molecule has 2 aromatic heterocycles. The van der Waals surface area contributed by atoms with Crippen molar-refractivity contribution in [3.8, 4) is 0 Å². The molecule has 1 atom stereocenters. The number of aromatic nitrogens is 2. The number of aryl methyl sites for hydroxylation is 1. The molecule has 3 aromatic rings. The number of benzene rings is 1. The topological polar surface area (TPSA) is 83.8 Å². The average molecular weight is 368 g/mol. The predicted molar refractivity (Wildman–Crippen MR) is 97.0 cm³/mol. The number of carbonyl (C=O) groups excluding carboxylic acids is 2. The third-order valence-corrected chi connectivity index (χ3v) is 5.10. The third kappa shape index (κ3) is 3.11. The van der Waals surface area contributed by atoms with Crippen LogP contribution in [0.15, 0.2) is 52.8 Å². The van der Waals surface area contributed by atoms with Gasteiger partial charge >= 0.3 is 6.03 Å². The molecule has 4 rings (SSSR count). The molecule has 1 N–H and O–H groups in total. The van der Waals surface area contributed by atoms with Crippen LogP contribution in [-0.4, -0.2) is 32.3 Å². The van der Waals surface area contributed by atoms with Gasteiger partial charge in [-0.2, -0.15) is 0 Å². The number of nitrogens with zero attached hydrogens (tertiary/aromatic N) is 3. The highest BCUT2D eigenvalue weighted by Gasteiger charge is 2.37. The number of carbonyl (C=O) groups is 2. The summed E-state index contributed by atoms with van der Waals surface area (Å²) in [4.78, 5) is 42.8. The number of imide groups is 1. The van der Waals surface area contributed by atoms with Gasteiger partial charge in [-0.1, -0.05) is 30.3 Å². The summed E-state index contributed by atoms with van der Waals surface area (Å²) in [6.07, 6.45) is 2.88. The van der Waals surface area contributed by atoms with E-state index in [1.54, 1.807) is 11.6 Å². The molecule has 0 aliphatic carbocycles. The highest BCUT2D eigenvalue weighted by molar-refractivity contribution is 7.15. The molecule has 3 heterocycles. The Labute approximate surface area is 152 Å². The molecule has 7 nitrogen and oxygen atoms in total. The quantitative estimate of drug-likeness (QED) is 0.696. The summed E-state index contributed by atoms with van der Waals surface area (Å²) in [6.45, 7) is -0.00383. The van der Waals surface area contributed by atoms with Crippen molar-refractivity contribution in [3.63, 3.8) is 0 Å². The standard InChI is InChI=1S/C18H16N4O3S/c23-15-10-13(19-18-21(15)8-9-26-18)11-22-16(24)14(20-17(22)25)7-6-12-4-2-1-3-5-12/h1-5,8-10,14H,6-7,11H2,(H,20,25). The normalized spacial score (nSPS) is 17.1. The highest BCUT2D eigenvalue weighted by Crippen LogP contribution is 2.16. The van der Waals surface area contributed by atoms with Gasteiger partial charge in [0.05, 0.1) is 12.2 Å². The Morgan fingerprint density at radius 3 is 2.77 bits per heavy atom. The summed E-state index contributed by atoms with van der Waals surface area (Å²) in [5.41, 5.74) is 1.30. The van der Waals surface area contributed by atoms with Crippen LogP contribution in [0.5, 0.6) is 0 Å². The van der Waals surface area contributed by atoms with E-state index >= 15 is 0 Å². The van der Waals surface area contributed by atoms with E-state index in [-0.39, 0.29) is 18.0 Å². The minimum absolute atomic E-state index is 0.00383. The SMILES string of the molecule is O=C1NC(CCc2ccccc2)C(=O)N1Cc1cc(=O)n2ccsc2n1. The Kier molecular flexibility index (Phi) is 4.26. The maximum Gasteiger partial charge on any atom is 0.325 e. The number of thiazole rings is 1. The summed E-state index contributed by atoms with van der Waals surface area (Å²) >= 11 is 1.33. The van der Waals surface area contributed by atoms with Crippen LogP contribution in [0.25, 0.3) is 4.96 Å². The van der Waals surface area contributed by atoms with Crippen molar-refractivity contribution < 1.29 is 9.59 Å². The van der Waals surface area contributed by atoms with Crippen molar-refractivity contribution in [3.05, 3.63) is 69.6 Å². The first-order valence-corrected chi connectivity index (χ1v) is 9.11. The molecule has 0 radical (unpaired) electrons. The average Bonchev–Trinajstić information content (AvgIpc) is 3.21. The van der Waals surface area contributed by atoms with E-state index in [1.165, 1.54) is 21.8 Å². The van der Waals surface area contributed by atoms with Crippen LogP contribution in [-0.2, 0) is 17.8 Å². The van der Waals surface area contributed by atoms with Crippen molar-refractivity contribution in [2.75, 3.05) is 0 Å². The Bertz CT molecular complexity index is 1030. The van der Waals surface area contributed by atoms with Crippen molar-refractivity contribution in [2.24, 2.45) is 0 Å². The van der Waals surface area contributed by atoms with Gasteiger partial charge in [0.1, 0.15) is 6.04 Å². The molecule has 0 spiro atoms. The number of hydrogen-bond donors (Lipinski definition) is 1. The molecule has 0 saturated carbocycles. The summed E-state index contributed by atoms with van der Waals surface area (Å²) < 4.78 is 1.43. The second-order valence-corrected chi connectivity index (χ2v) is 6.97. The first-order chi connectivity index (χ1) is 12.6. The minimum atomic E-state index is -0.547. The smallest absolute Gasteiger partial charge is 0.325 e. The van der Waals surface area contributed by atoms with Crippen LogP contribution in [0.3, 0.4) is 0 Å². The Balaban J connectivity index is 1.47. The van der Waals surface area contributed by atoms with Crippen molar-refractivity contribution >= 4 is 28.2 Å². The molecule has 1 aliphatic heterocycles. The molecular weight excluding hydrogens is 352 g/mol. The van der Waals surface area contributed by atoms with Gasteiger partial charge in [-0.3, -0.25) is 18.9 Å². The number of amides is 3. The van der Waals surface area contributed by atoms with E-state index in [2.05, 4.69) is 10.3 Å². The van der Waals surface area contributed by atoms with Gasteiger partial charge in [0, 0.05) is 17.6 Å². The lowest BCUT2D eigenvalue weighted by atomic mass is 10.1. The monoisotopic (exact) mass is 368 g/mol. The maximum absolute atomic E-state index is 12.6. The van der Waals surface area contributed by atoms with E-state index in [9.17, 15) is 14.4 Å². The van der Waals surface area contributed by atoms with Crippen LogP contribution in [0.1, 0.15) is 17.7 Å². The predicted octanol–water partition coefficient (Wildman–Crippen LogP) is 1.81. The molecule has 1 unspecified atom stereocenters. The number of urea groups is 1. The third-order valence-electron chi connectivity index (χ3n) is 4.35. The molecule has 26 heavy (non-hydrogen) atoms. The lowest BCUT2D eigenvalue weighted by Gasteiger charge is -2.12. The Hall–Kier alpha value is -3.00. The Morgan fingerprint density at radius 1 is 1.15 bits per heavy atom. The van der Waals surface area contributed by atoms with E-state index in [4.69, 9.17) is 0 Å². The number of hydrogen-bond acceptors (Lipinski definition) is 5. The van der Waals surface area contributed by atoms with Gasteiger partial charge in [0.2, 0.25) is 0 Å². The van der Waals surface area contributed by atoms with E-state index in [0.717, 1.165) is 10.5 Å². The molecule has 8 heteroatoms. The van der Waals surface area contributed by atoms with Gasteiger partial charge in [-0.25, -0.2) is 9.78 Å². The zero-order valence-corrected chi connectivity index (χ0v) is 14.6. The fraction of sp³-hybridized carbons (Fsp3) is 0.222. The lowest BCUT2D eigenvalue weighted by molar-refractivity contribution is -0.128. The maximum atomic E-state index is 12.6. The summed E-state index contributed by atoms with van der Waals surface area (Å²) in [6, 6.07) is 10.2. The number of fused-ring (bicyclic) bond motifs is 1. The van der Waals surface area contributed by atoms with Gasteiger partial charge in [-0.15, -0.1) is 11.3 Å². The molecule has 0 bridgehead atoms. The van der Waals surface area contributed by atoms with Crippen molar-refractivity contribution in [1.82, 2.24) is 19.6 Å². The van der Waals surface area contributed by atoms with E-state index < -0.39 is 12.1 Å². The minimum Gasteiger partial charge on any atom is -0.326 e. The lowest BCUT2D eigenvalue weighted by Crippen LogP contribution is -2.32. The van der Waals surface area contributed by atoms with E-state index in [0.29, 0.717) is 23.5 Å². The molecule has 1 aromatic carbocycles. The van der Waals surface area contributed by atoms with Gasteiger partial charge in [0.15, 0.2) is 4.96 Å². The first kappa shape index (κ1) is 16.5. The van der Waals surface area contributed by atoms with Crippen LogP contribution in [0.2, 0.25) is 0 Å². The number of nitrogens with one attached hydrogen (secondary N) is 1. The van der Waals surface area contributed by atoms with Crippen LogP contribution < -0.4 is 10.9 Å². The van der Waals surface area contributed by atoms with Crippen LogP contribution in [0, 0.1) is 0 Å². The largest absolute Gasteiger partial charge is 0.326 e. The fourth-order valence-electron chi connectivity index (χ4n) is 3.01. The number of rotatable bonds is 5. The first-order valence-electron chi connectivity index (χ1n) is 8.23. The van der Waals surface area contributed by atoms with Crippen LogP contribution in [0.4, 0.5) is 4.79 Å². The van der Waals surface area contributed by atoms with Crippen LogP contribution >= 0.6 is 11.3 Å². The molecule has 3 amide bonds. The summed E-state index contributed by atoms with van der Waals surface area (Å²) in [7, 11) is 0. The van der Waals surface area contributed by atoms with Gasteiger partial charge in [0.25, 0.3) is 11.5 Å². The molecule has 1 fully saturated rings. The molecule has 1 saturated heterocycles. The molecule has 132 valence electrons. The Morgan fingerprint density at radius 2 is 1.96 bits per heavy atom.